The predicted octanol–water partition coefficient (Wildman–Crippen LogP) is 2.77. The van der Waals surface area contributed by atoms with Crippen LogP contribution in [0.25, 0.3) is 0 Å². The second-order valence-electron chi connectivity index (χ2n) is 6.61. The van der Waals surface area contributed by atoms with Crippen LogP contribution in [0.2, 0.25) is 0 Å². The fourth-order valence-electron chi connectivity index (χ4n) is 3.22. The van der Waals surface area contributed by atoms with E-state index in [1.165, 1.54) is 47.7 Å². The Morgan fingerprint density at radius 2 is 2.15 bits per heavy atom. The Hall–Kier alpha value is -1.86. The Bertz CT molecular complexity index is 747. The molecule has 0 saturated carbocycles. The Kier molecular flexibility index (Phi) is 6.68. The van der Waals surface area contributed by atoms with E-state index in [1.807, 2.05) is 11.5 Å². The highest BCUT2D eigenvalue weighted by Crippen LogP contribution is 2.25. The predicted molar refractivity (Wildman–Crippen MR) is 102 cm³/mol. The number of amides is 1. The van der Waals surface area contributed by atoms with Crippen LogP contribution in [-0.4, -0.2) is 40.1 Å². The molecule has 0 fully saturated rings. The highest BCUT2D eigenvalue weighted by Gasteiger charge is 2.15. The van der Waals surface area contributed by atoms with Crippen molar-refractivity contribution >= 4 is 17.7 Å². The summed E-state index contributed by atoms with van der Waals surface area (Å²) in [6.07, 6.45) is 6.53. The zero-order valence-corrected chi connectivity index (χ0v) is 16.2. The number of nitrogens with one attached hydrogen (secondary N) is 1. The molecule has 1 atom stereocenters. The second-order valence-corrected chi connectivity index (χ2v) is 7.56. The zero-order chi connectivity index (χ0) is 18.4. The molecular weight excluding hydrogens is 348 g/mol. The second kappa shape index (κ2) is 9.19. The van der Waals surface area contributed by atoms with Gasteiger partial charge in [-0.3, -0.25) is 4.79 Å². The van der Waals surface area contributed by atoms with Crippen LogP contribution in [0.1, 0.15) is 42.5 Å². The number of carbonyl (C=O) groups is 1. The molecular formula is C19H26N4O2S. The van der Waals surface area contributed by atoms with E-state index < -0.39 is 0 Å². The van der Waals surface area contributed by atoms with Gasteiger partial charge >= 0.3 is 0 Å². The summed E-state index contributed by atoms with van der Waals surface area (Å²) in [5.74, 6) is 0.322. The van der Waals surface area contributed by atoms with E-state index >= 15 is 0 Å². The first-order valence-corrected chi connectivity index (χ1v) is 10.1. The zero-order valence-electron chi connectivity index (χ0n) is 15.4. The smallest absolute Gasteiger partial charge is 0.230 e. The molecule has 0 spiro atoms. The van der Waals surface area contributed by atoms with Gasteiger partial charge in [0.25, 0.3) is 0 Å². The van der Waals surface area contributed by atoms with Crippen molar-refractivity contribution in [1.29, 1.82) is 0 Å². The summed E-state index contributed by atoms with van der Waals surface area (Å²) in [6, 6.07) is 6.62. The van der Waals surface area contributed by atoms with Crippen LogP contribution < -0.4 is 5.32 Å². The van der Waals surface area contributed by atoms with Crippen molar-refractivity contribution in [3.63, 3.8) is 0 Å². The number of rotatable bonds is 8. The molecule has 1 N–H and O–H groups in total. The molecule has 1 aliphatic carbocycles. The quantitative estimate of drug-likeness (QED) is 0.720. The van der Waals surface area contributed by atoms with Gasteiger partial charge in [0.1, 0.15) is 6.33 Å². The van der Waals surface area contributed by atoms with Crippen LogP contribution >= 0.6 is 11.8 Å². The van der Waals surface area contributed by atoms with Gasteiger partial charge in [0.15, 0.2) is 5.16 Å². The molecule has 3 rings (SSSR count). The van der Waals surface area contributed by atoms with E-state index in [2.05, 4.69) is 33.7 Å². The van der Waals surface area contributed by atoms with E-state index in [0.29, 0.717) is 18.9 Å². The maximum Gasteiger partial charge on any atom is 0.230 e. The summed E-state index contributed by atoms with van der Waals surface area (Å²) in [7, 11) is 1.66. The number of methoxy groups -OCH3 is 1. The lowest BCUT2D eigenvalue weighted by Crippen LogP contribution is -2.28. The minimum atomic E-state index is 0.00140. The van der Waals surface area contributed by atoms with Crippen molar-refractivity contribution in [2.24, 2.45) is 0 Å². The minimum absolute atomic E-state index is 0.00140. The molecule has 26 heavy (non-hydrogen) atoms. The lowest BCUT2D eigenvalue weighted by atomic mass is 9.89. The molecule has 0 bridgehead atoms. The van der Waals surface area contributed by atoms with Crippen molar-refractivity contribution < 1.29 is 9.53 Å². The van der Waals surface area contributed by atoms with E-state index in [9.17, 15) is 4.79 Å². The van der Waals surface area contributed by atoms with Crippen molar-refractivity contribution in [2.75, 3.05) is 19.5 Å². The molecule has 1 aromatic carbocycles. The Balaban J connectivity index is 1.52. The van der Waals surface area contributed by atoms with Crippen molar-refractivity contribution in [2.45, 2.75) is 50.4 Å². The Morgan fingerprint density at radius 1 is 1.35 bits per heavy atom. The number of ether oxygens (including phenoxy) is 1. The van der Waals surface area contributed by atoms with Crippen LogP contribution in [-0.2, 0) is 28.9 Å². The van der Waals surface area contributed by atoms with Gasteiger partial charge in [0.2, 0.25) is 5.91 Å². The molecule has 7 heteroatoms. The molecule has 1 aliphatic rings. The van der Waals surface area contributed by atoms with Gasteiger partial charge in [0.05, 0.1) is 18.4 Å². The highest BCUT2D eigenvalue weighted by atomic mass is 32.2. The summed E-state index contributed by atoms with van der Waals surface area (Å²) in [4.78, 5) is 12.3. The number of aromatic nitrogens is 3. The van der Waals surface area contributed by atoms with E-state index in [4.69, 9.17) is 4.74 Å². The van der Waals surface area contributed by atoms with Gasteiger partial charge < -0.3 is 14.6 Å². The molecule has 1 aromatic heterocycles. The molecule has 0 radical (unpaired) electrons. The fourth-order valence-corrected chi connectivity index (χ4v) is 3.97. The van der Waals surface area contributed by atoms with Crippen LogP contribution in [0, 0.1) is 0 Å². The average Bonchev–Trinajstić information content (AvgIpc) is 3.11. The van der Waals surface area contributed by atoms with Gasteiger partial charge in [-0.15, -0.1) is 10.2 Å². The molecule has 0 aliphatic heterocycles. The Morgan fingerprint density at radius 3 is 2.96 bits per heavy atom. The van der Waals surface area contributed by atoms with Crippen molar-refractivity contribution in [3.05, 3.63) is 41.2 Å². The summed E-state index contributed by atoms with van der Waals surface area (Å²) in [5.41, 5.74) is 4.08. The average molecular weight is 375 g/mol. The summed E-state index contributed by atoms with van der Waals surface area (Å²) in [5, 5.41) is 11.8. The molecule has 1 amide bonds. The number of nitrogens with zero attached hydrogens (tertiary/aromatic N) is 3. The number of aryl methyl sites for hydroxylation is 2. The van der Waals surface area contributed by atoms with Gasteiger partial charge in [-0.25, -0.2) is 0 Å². The Labute approximate surface area is 158 Å². The van der Waals surface area contributed by atoms with E-state index in [1.54, 1.807) is 13.4 Å². The van der Waals surface area contributed by atoms with E-state index in [-0.39, 0.29) is 11.9 Å². The lowest BCUT2D eigenvalue weighted by Gasteiger charge is -2.20. The third-order valence-electron chi connectivity index (χ3n) is 4.70. The van der Waals surface area contributed by atoms with E-state index in [0.717, 1.165) is 11.6 Å². The molecule has 140 valence electrons. The molecule has 1 heterocycles. The maximum atomic E-state index is 12.3. The van der Waals surface area contributed by atoms with Crippen LogP contribution in [0.4, 0.5) is 0 Å². The molecule has 2 aromatic rings. The fraction of sp³-hybridized carbons (Fsp3) is 0.526. The van der Waals surface area contributed by atoms with Crippen molar-refractivity contribution in [1.82, 2.24) is 20.1 Å². The molecule has 0 unspecified atom stereocenters. The van der Waals surface area contributed by atoms with Crippen LogP contribution in [0.3, 0.4) is 0 Å². The molecule has 0 saturated heterocycles. The number of carbonyl (C=O) groups excluding carboxylic acids is 1. The summed E-state index contributed by atoms with van der Waals surface area (Å²) in [6.45, 7) is 3.31. The van der Waals surface area contributed by atoms with Gasteiger partial charge in [-0.05, 0) is 49.3 Å². The molecule has 6 nitrogen and oxygen atoms in total. The standard InChI is InChI=1S/C19H26N4O2S/c1-14(16-8-7-15-5-3-4-6-17(15)11-16)21-18(24)12-26-19-22-20-13-23(19)9-10-25-2/h7-8,11,13-14H,3-6,9-10,12H2,1-2H3,(H,21,24)/t14-/m0/s1. The summed E-state index contributed by atoms with van der Waals surface area (Å²) < 4.78 is 6.97. The van der Waals surface area contributed by atoms with Crippen molar-refractivity contribution in [3.8, 4) is 0 Å². The maximum absolute atomic E-state index is 12.3. The third kappa shape index (κ3) is 4.86. The number of benzene rings is 1. The number of thioether (sulfide) groups is 1. The largest absolute Gasteiger partial charge is 0.383 e. The number of hydrogen-bond acceptors (Lipinski definition) is 5. The lowest BCUT2D eigenvalue weighted by molar-refractivity contribution is -0.119. The highest BCUT2D eigenvalue weighted by molar-refractivity contribution is 7.99. The number of fused-ring (bicyclic) bond motifs is 1. The first-order chi connectivity index (χ1) is 12.7. The first kappa shape index (κ1) is 18.9. The normalized spacial score (nSPS) is 14.7. The first-order valence-electron chi connectivity index (χ1n) is 9.08. The topological polar surface area (TPSA) is 69.0 Å². The number of hydrogen-bond donors (Lipinski definition) is 1. The minimum Gasteiger partial charge on any atom is -0.383 e. The monoisotopic (exact) mass is 374 g/mol. The van der Waals surface area contributed by atoms with Crippen LogP contribution in [0.5, 0.6) is 0 Å². The van der Waals surface area contributed by atoms with Gasteiger partial charge in [0, 0.05) is 13.7 Å². The third-order valence-corrected chi connectivity index (χ3v) is 5.68. The van der Waals surface area contributed by atoms with Gasteiger partial charge in [-0.1, -0.05) is 30.0 Å². The van der Waals surface area contributed by atoms with Crippen LogP contribution in [0.15, 0.2) is 29.7 Å². The summed E-state index contributed by atoms with van der Waals surface area (Å²) >= 11 is 1.39. The SMILES string of the molecule is COCCn1cnnc1SCC(=O)N[C@@H](C)c1ccc2c(c1)CCCC2. The van der Waals surface area contributed by atoms with Gasteiger partial charge in [-0.2, -0.15) is 0 Å².